The summed E-state index contributed by atoms with van der Waals surface area (Å²) < 4.78 is 66.2. The second-order valence-electron chi connectivity index (χ2n) is 4.18. The van der Waals surface area contributed by atoms with Crippen LogP contribution in [0.3, 0.4) is 0 Å². The van der Waals surface area contributed by atoms with Crippen molar-refractivity contribution in [1.82, 2.24) is 0 Å². The van der Waals surface area contributed by atoms with Crippen molar-refractivity contribution in [1.29, 1.82) is 0 Å². The number of alkyl halides is 4. The second kappa shape index (κ2) is 6.29. The third-order valence-corrected chi connectivity index (χ3v) is 2.54. The fourth-order valence-electron chi connectivity index (χ4n) is 1.53. The van der Waals surface area contributed by atoms with Crippen LogP contribution in [-0.4, -0.2) is 25.6 Å². The molecule has 0 saturated heterocycles. The van der Waals surface area contributed by atoms with Gasteiger partial charge in [-0.15, -0.1) is 0 Å². The summed E-state index contributed by atoms with van der Waals surface area (Å²) in [4.78, 5) is 0. The van der Waals surface area contributed by atoms with Gasteiger partial charge in [0.05, 0.1) is 12.6 Å². The standard InChI is InChI=1S/C12H14F5NO/c1-7-4-8(13)2-3-9(7)10(18)5-19-6-12(16,17)11(14)15/h2-4,10-11H,5-6,18H2,1H3. The molecule has 19 heavy (non-hydrogen) atoms. The lowest BCUT2D eigenvalue weighted by Gasteiger charge is -2.18. The van der Waals surface area contributed by atoms with Gasteiger partial charge in [0.2, 0.25) is 0 Å². The van der Waals surface area contributed by atoms with Crippen molar-refractivity contribution in [2.45, 2.75) is 25.3 Å². The summed E-state index contributed by atoms with van der Waals surface area (Å²) in [5, 5.41) is 0. The quantitative estimate of drug-likeness (QED) is 0.814. The van der Waals surface area contributed by atoms with Crippen LogP contribution in [0.25, 0.3) is 0 Å². The molecule has 0 amide bonds. The number of hydrogen-bond acceptors (Lipinski definition) is 2. The largest absolute Gasteiger partial charge is 0.373 e. The Morgan fingerprint density at radius 3 is 2.47 bits per heavy atom. The molecular weight excluding hydrogens is 269 g/mol. The Morgan fingerprint density at radius 2 is 1.95 bits per heavy atom. The highest BCUT2D eigenvalue weighted by Gasteiger charge is 2.41. The van der Waals surface area contributed by atoms with Crippen LogP contribution >= 0.6 is 0 Å². The van der Waals surface area contributed by atoms with Crippen molar-refractivity contribution < 1.29 is 26.7 Å². The Kier molecular flexibility index (Phi) is 5.25. The van der Waals surface area contributed by atoms with Crippen molar-refractivity contribution in [3.63, 3.8) is 0 Å². The van der Waals surface area contributed by atoms with Gasteiger partial charge in [0.1, 0.15) is 12.4 Å². The summed E-state index contributed by atoms with van der Waals surface area (Å²) in [6, 6.07) is 3.04. The van der Waals surface area contributed by atoms with Gasteiger partial charge in [0.25, 0.3) is 0 Å². The van der Waals surface area contributed by atoms with E-state index < -0.39 is 30.8 Å². The molecule has 0 aromatic heterocycles. The molecule has 1 aromatic carbocycles. The zero-order valence-electron chi connectivity index (χ0n) is 10.2. The normalized spacial score (nSPS) is 13.9. The Morgan fingerprint density at radius 1 is 1.32 bits per heavy atom. The van der Waals surface area contributed by atoms with Gasteiger partial charge in [-0.3, -0.25) is 0 Å². The predicted octanol–water partition coefficient (Wildman–Crippen LogP) is 3.05. The average Bonchev–Trinajstić information content (AvgIpc) is 2.28. The van der Waals surface area contributed by atoms with E-state index in [1.807, 2.05) is 0 Å². The van der Waals surface area contributed by atoms with Gasteiger partial charge in [-0.2, -0.15) is 8.78 Å². The predicted molar refractivity (Wildman–Crippen MR) is 59.8 cm³/mol. The molecule has 0 spiro atoms. The molecule has 1 aromatic rings. The van der Waals surface area contributed by atoms with Gasteiger partial charge in [-0.1, -0.05) is 6.07 Å². The van der Waals surface area contributed by atoms with Crippen LogP contribution < -0.4 is 5.73 Å². The Hall–Kier alpha value is -1.21. The van der Waals surface area contributed by atoms with Crippen molar-refractivity contribution in [2.24, 2.45) is 5.73 Å². The molecule has 0 aliphatic rings. The maximum atomic E-state index is 12.9. The van der Waals surface area contributed by atoms with E-state index in [-0.39, 0.29) is 6.61 Å². The molecule has 7 heteroatoms. The lowest BCUT2D eigenvalue weighted by molar-refractivity contribution is -0.166. The first-order chi connectivity index (χ1) is 8.74. The van der Waals surface area contributed by atoms with Gasteiger partial charge in [-0.25, -0.2) is 13.2 Å². The summed E-state index contributed by atoms with van der Waals surface area (Å²) in [7, 11) is 0. The smallest absolute Gasteiger partial charge is 0.330 e. The minimum absolute atomic E-state index is 0.352. The highest BCUT2D eigenvalue weighted by Crippen LogP contribution is 2.24. The van der Waals surface area contributed by atoms with Crippen molar-refractivity contribution >= 4 is 0 Å². The first-order valence-corrected chi connectivity index (χ1v) is 5.49. The van der Waals surface area contributed by atoms with E-state index in [0.29, 0.717) is 11.1 Å². The van der Waals surface area contributed by atoms with Crippen molar-refractivity contribution in [3.8, 4) is 0 Å². The number of ether oxygens (including phenoxy) is 1. The highest BCUT2D eigenvalue weighted by molar-refractivity contribution is 5.29. The molecule has 2 nitrogen and oxygen atoms in total. The molecule has 1 rings (SSSR count). The first-order valence-electron chi connectivity index (χ1n) is 5.49. The molecular formula is C12H14F5NO. The van der Waals surface area contributed by atoms with Gasteiger partial charge in [0, 0.05) is 0 Å². The summed E-state index contributed by atoms with van der Waals surface area (Å²) in [5.74, 6) is -4.64. The SMILES string of the molecule is Cc1cc(F)ccc1C(N)COCC(F)(F)C(F)F. The number of benzene rings is 1. The lowest BCUT2D eigenvalue weighted by atomic mass is 10.0. The molecule has 108 valence electrons. The minimum atomic E-state index is -4.20. The van der Waals surface area contributed by atoms with Gasteiger partial charge in [0.15, 0.2) is 0 Å². The molecule has 0 aliphatic heterocycles. The number of aryl methyl sites for hydroxylation is 1. The van der Waals surface area contributed by atoms with Crippen LogP contribution in [0.5, 0.6) is 0 Å². The summed E-state index contributed by atoms with van der Waals surface area (Å²) >= 11 is 0. The maximum absolute atomic E-state index is 12.9. The topological polar surface area (TPSA) is 35.2 Å². The second-order valence-corrected chi connectivity index (χ2v) is 4.18. The molecule has 0 saturated carbocycles. The van der Waals surface area contributed by atoms with E-state index in [1.54, 1.807) is 6.92 Å². The molecule has 0 aliphatic carbocycles. The number of hydrogen-bond donors (Lipinski definition) is 1. The van der Waals surface area contributed by atoms with Crippen LogP contribution in [-0.2, 0) is 4.74 Å². The molecule has 0 heterocycles. The molecule has 0 fully saturated rings. The van der Waals surface area contributed by atoms with Crippen LogP contribution in [0.1, 0.15) is 17.2 Å². The maximum Gasteiger partial charge on any atom is 0.330 e. The van der Waals surface area contributed by atoms with Gasteiger partial charge in [-0.05, 0) is 30.2 Å². The Bertz CT molecular complexity index is 425. The fraction of sp³-hybridized carbons (Fsp3) is 0.500. The Labute approximate surface area is 107 Å². The molecule has 1 atom stereocenters. The number of nitrogens with two attached hydrogens (primary N) is 1. The van der Waals surface area contributed by atoms with E-state index in [2.05, 4.69) is 4.74 Å². The van der Waals surface area contributed by atoms with Gasteiger partial charge < -0.3 is 10.5 Å². The molecule has 0 bridgehead atoms. The Balaban J connectivity index is 2.54. The lowest BCUT2D eigenvalue weighted by Crippen LogP contribution is -2.33. The van der Waals surface area contributed by atoms with Gasteiger partial charge >= 0.3 is 12.3 Å². The minimum Gasteiger partial charge on any atom is -0.373 e. The van der Waals surface area contributed by atoms with Crippen LogP contribution in [0, 0.1) is 12.7 Å². The number of halogens is 5. The third-order valence-electron chi connectivity index (χ3n) is 2.54. The van der Waals surface area contributed by atoms with Crippen LogP contribution in [0.4, 0.5) is 22.0 Å². The number of rotatable bonds is 6. The van der Waals surface area contributed by atoms with E-state index in [1.165, 1.54) is 18.2 Å². The zero-order valence-corrected chi connectivity index (χ0v) is 10.2. The third kappa shape index (κ3) is 4.43. The first kappa shape index (κ1) is 15.8. The van der Waals surface area contributed by atoms with E-state index in [0.717, 1.165) is 0 Å². The van der Waals surface area contributed by atoms with E-state index in [9.17, 15) is 22.0 Å². The summed E-state index contributed by atoms with van der Waals surface area (Å²) in [6.07, 6.45) is -3.78. The van der Waals surface area contributed by atoms with Crippen LogP contribution in [0.2, 0.25) is 0 Å². The average molecular weight is 283 g/mol. The highest BCUT2D eigenvalue weighted by atomic mass is 19.3. The molecule has 2 N–H and O–H groups in total. The van der Waals surface area contributed by atoms with E-state index >= 15 is 0 Å². The van der Waals surface area contributed by atoms with E-state index in [4.69, 9.17) is 5.73 Å². The molecule has 0 radical (unpaired) electrons. The summed E-state index contributed by atoms with van der Waals surface area (Å²) in [5.41, 5.74) is 6.73. The zero-order chi connectivity index (χ0) is 14.6. The molecule has 1 unspecified atom stereocenters. The summed E-state index contributed by atoms with van der Waals surface area (Å²) in [6.45, 7) is -0.153. The fourth-order valence-corrected chi connectivity index (χ4v) is 1.53. The van der Waals surface area contributed by atoms with Crippen molar-refractivity contribution in [3.05, 3.63) is 35.1 Å². The monoisotopic (exact) mass is 283 g/mol. The van der Waals surface area contributed by atoms with Crippen LogP contribution in [0.15, 0.2) is 18.2 Å². The van der Waals surface area contributed by atoms with Crippen molar-refractivity contribution in [2.75, 3.05) is 13.2 Å².